The second kappa shape index (κ2) is 12.2. The highest BCUT2D eigenvalue weighted by Crippen LogP contribution is 2.30. The second-order valence-electron chi connectivity index (χ2n) is 10.5. The van der Waals surface area contributed by atoms with Crippen molar-refractivity contribution in [3.8, 4) is 0 Å². The van der Waals surface area contributed by atoms with Gasteiger partial charge in [0.1, 0.15) is 0 Å². The van der Waals surface area contributed by atoms with E-state index in [1.54, 1.807) is 18.3 Å². The predicted octanol–water partition coefficient (Wildman–Crippen LogP) is 5.19. The van der Waals surface area contributed by atoms with Crippen LogP contribution in [0.1, 0.15) is 44.2 Å². The number of sulfonamides is 1. The number of nitrogens with one attached hydrogen (secondary N) is 1. The number of hydrogen-bond donors (Lipinski definition) is 1. The molecule has 1 fully saturated rings. The zero-order valence-corrected chi connectivity index (χ0v) is 22.7. The van der Waals surface area contributed by atoms with Gasteiger partial charge in [0.25, 0.3) is 10.0 Å². The van der Waals surface area contributed by atoms with Crippen LogP contribution in [-0.2, 0) is 22.9 Å². The third-order valence-electron chi connectivity index (χ3n) is 6.97. The lowest BCUT2D eigenvalue weighted by atomic mass is 9.99. The molecule has 0 atom stereocenters. The first-order chi connectivity index (χ1) is 17.3. The molecule has 2 heterocycles. The van der Waals surface area contributed by atoms with Gasteiger partial charge in [-0.3, -0.25) is 9.71 Å². The lowest BCUT2D eigenvalue weighted by Gasteiger charge is -2.19. The molecule has 2 aromatic carbocycles. The van der Waals surface area contributed by atoms with Crippen LogP contribution in [0.3, 0.4) is 0 Å². The van der Waals surface area contributed by atoms with Crippen LogP contribution in [0.5, 0.6) is 0 Å². The first-order valence-electron chi connectivity index (χ1n) is 13.2. The van der Waals surface area contributed by atoms with Gasteiger partial charge in [0.2, 0.25) is 0 Å². The smallest absolute Gasteiger partial charge is 0.261 e. The van der Waals surface area contributed by atoms with Crippen molar-refractivity contribution in [3.05, 3.63) is 65.9 Å². The molecule has 1 aliphatic heterocycles. The maximum Gasteiger partial charge on any atom is 0.261 e. The van der Waals surface area contributed by atoms with Crippen molar-refractivity contribution in [3.63, 3.8) is 0 Å². The van der Waals surface area contributed by atoms with Crippen molar-refractivity contribution in [2.75, 3.05) is 44.5 Å². The van der Waals surface area contributed by atoms with Gasteiger partial charge in [-0.25, -0.2) is 8.42 Å². The molecule has 1 aromatic heterocycles. The number of likely N-dealkylation sites (N-methyl/N-ethyl adjacent to an activating group) is 1. The minimum absolute atomic E-state index is 0.288. The molecule has 4 rings (SSSR count). The minimum Gasteiger partial charge on any atom is -0.305 e. The zero-order valence-electron chi connectivity index (χ0n) is 21.9. The highest BCUT2D eigenvalue weighted by molar-refractivity contribution is 7.92. The molecule has 7 heteroatoms. The highest BCUT2D eigenvalue weighted by Gasteiger charge is 2.19. The van der Waals surface area contributed by atoms with Crippen molar-refractivity contribution < 1.29 is 8.42 Å². The van der Waals surface area contributed by atoms with Gasteiger partial charge in [-0.05, 0) is 106 Å². The Morgan fingerprint density at radius 1 is 0.972 bits per heavy atom. The fourth-order valence-corrected chi connectivity index (χ4v) is 6.07. The molecule has 0 saturated carbocycles. The molecular formula is C29H40N4O2S. The number of pyridine rings is 1. The lowest BCUT2D eigenvalue weighted by molar-refractivity contribution is 0.271. The van der Waals surface area contributed by atoms with E-state index in [1.165, 1.54) is 31.5 Å². The maximum absolute atomic E-state index is 13.3. The Morgan fingerprint density at radius 3 is 2.56 bits per heavy atom. The van der Waals surface area contributed by atoms with Crippen LogP contribution in [0.2, 0.25) is 0 Å². The van der Waals surface area contributed by atoms with E-state index in [0.717, 1.165) is 55.4 Å². The zero-order chi connectivity index (χ0) is 25.5. The molecule has 0 unspecified atom stereocenters. The van der Waals surface area contributed by atoms with E-state index in [-0.39, 0.29) is 4.90 Å². The van der Waals surface area contributed by atoms with Crippen molar-refractivity contribution >= 4 is 26.6 Å². The Kier molecular flexibility index (Phi) is 8.99. The number of aryl methyl sites for hydroxylation is 1. The highest BCUT2D eigenvalue weighted by atomic mass is 32.2. The molecular weight excluding hydrogens is 468 g/mol. The molecule has 6 nitrogen and oxygen atoms in total. The molecule has 194 valence electrons. The summed E-state index contributed by atoms with van der Waals surface area (Å²) in [5, 5.41) is 0.826. The Labute approximate surface area is 216 Å². The van der Waals surface area contributed by atoms with Crippen LogP contribution in [0, 0.1) is 5.92 Å². The van der Waals surface area contributed by atoms with Crippen molar-refractivity contribution in [2.24, 2.45) is 5.92 Å². The molecule has 0 spiro atoms. The first-order valence-corrected chi connectivity index (χ1v) is 14.7. The number of benzene rings is 2. The molecule has 0 bridgehead atoms. The van der Waals surface area contributed by atoms with E-state index in [4.69, 9.17) is 0 Å². The molecule has 3 aromatic rings. The summed E-state index contributed by atoms with van der Waals surface area (Å²) in [5.74, 6) is 0.405. The van der Waals surface area contributed by atoms with Crippen LogP contribution < -0.4 is 4.72 Å². The number of unbranched alkanes of at least 4 members (excludes halogenated alkanes) is 1. The molecule has 0 radical (unpaired) electrons. The number of hydrogen-bond acceptors (Lipinski definition) is 5. The maximum atomic E-state index is 13.3. The van der Waals surface area contributed by atoms with Crippen LogP contribution in [0.25, 0.3) is 10.9 Å². The summed E-state index contributed by atoms with van der Waals surface area (Å²) < 4.78 is 29.6. The number of nitrogens with zero attached hydrogens (tertiary/aromatic N) is 3. The van der Waals surface area contributed by atoms with Crippen molar-refractivity contribution in [2.45, 2.75) is 50.8 Å². The van der Waals surface area contributed by atoms with Gasteiger partial charge >= 0.3 is 0 Å². The number of anilines is 1. The molecule has 1 N–H and O–H groups in total. The van der Waals surface area contributed by atoms with Crippen molar-refractivity contribution in [1.82, 2.24) is 14.8 Å². The Balaban J connectivity index is 1.39. The third-order valence-corrected chi connectivity index (χ3v) is 8.34. The summed E-state index contributed by atoms with van der Waals surface area (Å²) in [5.41, 5.74) is 3.59. The molecule has 1 aliphatic rings. The molecule has 36 heavy (non-hydrogen) atoms. The SMILES string of the molecule is CC(C)Cc1ccc2ncccc2c1NS(=O)(=O)c1ccc(CCCCN2CCCN(C)CC2)cc1. The van der Waals surface area contributed by atoms with Gasteiger partial charge in [-0.15, -0.1) is 0 Å². The standard InChI is InChI=1S/C29H40N4O2S/c1-23(2)22-25-12-15-28-27(9-6-16-30-28)29(25)31-36(34,35)26-13-10-24(11-14-26)8-4-5-18-33-19-7-17-32(3)20-21-33/h6,9-16,23,31H,4-5,7-8,17-22H2,1-3H3. The van der Waals surface area contributed by atoms with E-state index in [1.807, 2.05) is 36.4 Å². The Hall–Kier alpha value is -2.48. The van der Waals surface area contributed by atoms with E-state index in [2.05, 4.69) is 40.4 Å². The second-order valence-corrected chi connectivity index (χ2v) is 12.2. The van der Waals surface area contributed by atoms with E-state index >= 15 is 0 Å². The number of aromatic nitrogens is 1. The average Bonchev–Trinajstić information content (AvgIpc) is 3.07. The number of rotatable bonds is 10. The lowest BCUT2D eigenvalue weighted by Crippen LogP contribution is -2.29. The summed E-state index contributed by atoms with van der Waals surface area (Å²) in [6.45, 7) is 10.1. The van der Waals surface area contributed by atoms with E-state index < -0.39 is 10.0 Å². The van der Waals surface area contributed by atoms with Gasteiger partial charge in [0.15, 0.2) is 0 Å². The Bertz CT molecular complexity index is 1240. The van der Waals surface area contributed by atoms with Gasteiger partial charge in [-0.1, -0.05) is 32.0 Å². The molecule has 0 aliphatic carbocycles. The summed E-state index contributed by atoms with van der Waals surface area (Å²) in [7, 11) is -1.51. The summed E-state index contributed by atoms with van der Waals surface area (Å²) in [6, 6.07) is 15.1. The van der Waals surface area contributed by atoms with E-state index in [0.29, 0.717) is 11.6 Å². The summed E-state index contributed by atoms with van der Waals surface area (Å²) in [6.07, 6.45) is 7.00. The molecule has 1 saturated heterocycles. The van der Waals surface area contributed by atoms with Crippen LogP contribution >= 0.6 is 0 Å². The summed E-state index contributed by atoms with van der Waals surface area (Å²) >= 11 is 0. The summed E-state index contributed by atoms with van der Waals surface area (Å²) in [4.78, 5) is 9.68. The predicted molar refractivity (Wildman–Crippen MR) is 149 cm³/mol. The third kappa shape index (κ3) is 7.05. The average molecular weight is 509 g/mol. The Morgan fingerprint density at radius 2 is 1.78 bits per heavy atom. The fourth-order valence-electron chi connectivity index (χ4n) is 4.94. The first kappa shape index (κ1) is 26.6. The van der Waals surface area contributed by atoms with Crippen LogP contribution in [-0.4, -0.2) is 63.0 Å². The quantitative estimate of drug-likeness (QED) is 0.382. The van der Waals surface area contributed by atoms with Gasteiger partial charge in [-0.2, -0.15) is 0 Å². The largest absolute Gasteiger partial charge is 0.305 e. The van der Waals surface area contributed by atoms with Crippen molar-refractivity contribution in [1.29, 1.82) is 0 Å². The topological polar surface area (TPSA) is 65.5 Å². The fraction of sp³-hybridized carbons (Fsp3) is 0.483. The van der Waals surface area contributed by atoms with Gasteiger partial charge in [0, 0.05) is 24.7 Å². The number of fused-ring (bicyclic) bond motifs is 1. The normalized spacial score (nSPS) is 15.9. The minimum atomic E-state index is -3.72. The van der Waals surface area contributed by atoms with Gasteiger partial charge in [0.05, 0.1) is 16.1 Å². The monoisotopic (exact) mass is 508 g/mol. The van der Waals surface area contributed by atoms with Crippen LogP contribution in [0.15, 0.2) is 59.6 Å². The van der Waals surface area contributed by atoms with Crippen LogP contribution in [0.4, 0.5) is 5.69 Å². The van der Waals surface area contributed by atoms with E-state index in [9.17, 15) is 8.42 Å². The van der Waals surface area contributed by atoms with Gasteiger partial charge < -0.3 is 9.80 Å². The molecule has 0 amide bonds.